The summed E-state index contributed by atoms with van der Waals surface area (Å²) < 4.78 is 8.91. The van der Waals surface area contributed by atoms with E-state index in [-0.39, 0.29) is 17.3 Å². The molecule has 0 aliphatic carbocycles. The van der Waals surface area contributed by atoms with Crippen molar-refractivity contribution in [2.45, 2.75) is 56.7 Å². The normalized spacial score (nSPS) is 18.1. The molecule has 5 nitrogen and oxygen atoms in total. The van der Waals surface area contributed by atoms with Crippen LogP contribution in [0.25, 0.3) is 0 Å². The molecule has 3 rings (SSSR count). The third-order valence-electron chi connectivity index (χ3n) is 4.58. The number of anilines is 1. The number of thioether (sulfide) groups is 1. The number of hydrogen-bond acceptors (Lipinski definition) is 4. The minimum Gasteiger partial charge on any atom is -0.376 e. The molecule has 1 aromatic carbocycles. The summed E-state index contributed by atoms with van der Waals surface area (Å²) in [5, 5.41) is 3.60. The third-order valence-corrected chi connectivity index (χ3v) is 6.16. The van der Waals surface area contributed by atoms with Gasteiger partial charge in [0.15, 0.2) is 5.16 Å². The maximum Gasteiger partial charge on any atom is 0.237 e. The fourth-order valence-electron chi connectivity index (χ4n) is 2.94. The lowest BCUT2D eigenvalue weighted by Crippen LogP contribution is -2.23. The van der Waals surface area contributed by atoms with Crippen LogP contribution in [0.3, 0.4) is 0 Å². The summed E-state index contributed by atoms with van der Waals surface area (Å²) in [7, 11) is 0. The number of imidazole rings is 1. The Kier molecular flexibility index (Phi) is 6.42. The first-order valence-corrected chi connectivity index (χ1v) is 10.5. The van der Waals surface area contributed by atoms with Gasteiger partial charge in [-0.25, -0.2) is 4.98 Å². The number of amides is 1. The van der Waals surface area contributed by atoms with E-state index in [0.29, 0.717) is 0 Å². The first-order chi connectivity index (χ1) is 12.4. The zero-order valence-electron chi connectivity index (χ0n) is 15.3. The van der Waals surface area contributed by atoms with Gasteiger partial charge in [-0.3, -0.25) is 4.79 Å². The molecule has 1 aliphatic rings. The Morgan fingerprint density at radius 2 is 2.31 bits per heavy atom. The predicted molar refractivity (Wildman–Crippen MR) is 109 cm³/mol. The number of rotatable bonds is 6. The highest BCUT2D eigenvalue weighted by Gasteiger charge is 2.23. The van der Waals surface area contributed by atoms with Crippen molar-refractivity contribution in [1.82, 2.24) is 9.55 Å². The molecule has 0 saturated carbocycles. The van der Waals surface area contributed by atoms with Crippen molar-refractivity contribution in [2.75, 3.05) is 11.9 Å². The monoisotopic (exact) mass is 437 g/mol. The molecule has 0 spiro atoms. The van der Waals surface area contributed by atoms with Gasteiger partial charge in [0.1, 0.15) is 0 Å². The number of halogens is 1. The van der Waals surface area contributed by atoms with Gasteiger partial charge in [0, 0.05) is 22.5 Å². The smallest absolute Gasteiger partial charge is 0.237 e. The molecule has 1 N–H and O–H groups in total. The van der Waals surface area contributed by atoms with Crippen LogP contribution in [0.15, 0.2) is 33.9 Å². The van der Waals surface area contributed by atoms with Crippen molar-refractivity contribution in [1.29, 1.82) is 0 Å². The fourth-order valence-corrected chi connectivity index (χ4v) is 4.35. The van der Waals surface area contributed by atoms with Gasteiger partial charge in [-0.05, 0) is 51.8 Å². The largest absolute Gasteiger partial charge is 0.376 e. The minimum atomic E-state index is -0.251. The Hall–Kier alpha value is -1.31. The molecule has 2 aromatic rings. The summed E-state index contributed by atoms with van der Waals surface area (Å²) in [6.45, 7) is 7.64. The summed E-state index contributed by atoms with van der Waals surface area (Å²) in [5.41, 5.74) is 2.93. The molecular weight excluding hydrogens is 414 g/mol. The lowest BCUT2D eigenvalue weighted by Gasteiger charge is -2.16. The molecule has 26 heavy (non-hydrogen) atoms. The zero-order chi connectivity index (χ0) is 18.7. The van der Waals surface area contributed by atoms with Crippen LogP contribution in [-0.4, -0.2) is 33.4 Å². The van der Waals surface area contributed by atoms with Crippen LogP contribution in [0.2, 0.25) is 0 Å². The minimum absolute atomic E-state index is 0.0323. The number of aromatic nitrogens is 2. The van der Waals surface area contributed by atoms with Gasteiger partial charge < -0.3 is 14.6 Å². The van der Waals surface area contributed by atoms with Crippen LogP contribution >= 0.6 is 27.7 Å². The van der Waals surface area contributed by atoms with Crippen molar-refractivity contribution in [3.8, 4) is 0 Å². The van der Waals surface area contributed by atoms with Crippen LogP contribution in [0.1, 0.15) is 31.2 Å². The number of hydrogen-bond donors (Lipinski definition) is 1. The average Bonchev–Trinajstić information content (AvgIpc) is 3.19. The molecule has 140 valence electrons. The van der Waals surface area contributed by atoms with Gasteiger partial charge in [-0.15, -0.1) is 0 Å². The van der Waals surface area contributed by atoms with Crippen LogP contribution < -0.4 is 5.32 Å². The van der Waals surface area contributed by atoms with Gasteiger partial charge in [-0.1, -0.05) is 33.8 Å². The second-order valence-corrected chi connectivity index (χ2v) is 8.79. The summed E-state index contributed by atoms with van der Waals surface area (Å²) in [5.74, 6) is -0.0323. The van der Waals surface area contributed by atoms with E-state index in [4.69, 9.17) is 4.74 Å². The van der Waals surface area contributed by atoms with E-state index in [1.807, 2.05) is 38.1 Å². The van der Waals surface area contributed by atoms with Gasteiger partial charge >= 0.3 is 0 Å². The highest BCUT2D eigenvalue weighted by Crippen LogP contribution is 2.28. The topological polar surface area (TPSA) is 56.2 Å². The Balaban J connectivity index is 1.69. The molecule has 1 aromatic heterocycles. The third kappa shape index (κ3) is 4.69. The Bertz CT molecular complexity index is 787. The highest BCUT2D eigenvalue weighted by atomic mass is 79.9. The average molecular weight is 438 g/mol. The maximum absolute atomic E-state index is 12.6. The molecular formula is C19H24BrN3O2S. The van der Waals surface area contributed by atoms with Crippen LogP contribution in [0, 0.1) is 13.8 Å². The first kappa shape index (κ1) is 19.5. The number of nitrogens with one attached hydrogen (secondary N) is 1. The van der Waals surface area contributed by atoms with E-state index in [0.717, 1.165) is 52.7 Å². The van der Waals surface area contributed by atoms with E-state index in [1.165, 1.54) is 11.8 Å². The number of carbonyl (C=O) groups excluding carboxylic acids is 1. The van der Waals surface area contributed by atoms with E-state index in [2.05, 4.69) is 37.7 Å². The van der Waals surface area contributed by atoms with E-state index < -0.39 is 0 Å². The van der Waals surface area contributed by atoms with Crippen LogP contribution in [0.5, 0.6) is 0 Å². The van der Waals surface area contributed by atoms with Crippen molar-refractivity contribution in [3.05, 3.63) is 40.1 Å². The molecule has 1 aliphatic heterocycles. The quantitative estimate of drug-likeness (QED) is 0.672. The Morgan fingerprint density at radius 3 is 3.00 bits per heavy atom. The molecule has 0 radical (unpaired) electrons. The SMILES string of the molecule is Cc1nc(S[C@H](C)C(=O)Nc2cccc(Br)c2)n(C[C@@H]2CCCO2)c1C. The summed E-state index contributed by atoms with van der Waals surface area (Å²) in [6.07, 6.45) is 2.44. The number of nitrogens with zero attached hydrogens (tertiary/aromatic N) is 2. The van der Waals surface area contributed by atoms with Crippen molar-refractivity contribution >= 4 is 39.3 Å². The lowest BCUT2D eigenvalue weighted by molar-refractivity contribution is -0.115. The molecule has 1 saturated heterocycles. The van der Waals surface area contributed by atoms with Crippen molar-refractivity contribution in [3.63, 3.8) is 0 Å². The van der Waals surface area contributed by atoms with Crippen molar-refractivity contribution < 1.29 is 9.53 Å². The van der Waals surface area contributed by atoms with Crippen LogP contribution in [0.4, 0.5) is 5.69 Å². The standard InChI is InChI=1S/C19H24BrN3O2S/c1-12-13(2)23(11-17-8-5-9-25-17)19(21-12)26-14(3)18(24)22-16-7-4-6-15(20)10-16/h4,6-7,10,14,17H,5,8-9,11H2,1-3H3,(H,22,24)/t14-,17+/m1/s1. The van der Waals surface area contributed by atoms with Gasteiger partial charge in [0.2, 0.25) is 5.91 Å². The predicted octanol–water partition coefficient (Wildman–Crippen LogP) is 4.56. The second kappa shape index (κ2) is 8.59. The molecule has 0 unspecified atom stereocenters. The van der Waals surface area contributed by atoms with Gasteiger partial charge in [0.05, 0.1) is 23.6 Å². The molecule has 7 heteroatoms. The Labute approximate surface area is 167 Å². The van der Waals surface area contributed by atoms with Crippen molar-refractivity contribution in [2.24, 2.45) is 0 Å². The fraction of sp³-hybridized carbons (Fsp3) is 0.474. The highest BCUT2D eigenvalue weighted by molar-refractivity contribution is 9.10. The van der Waals surface area contributed by atoms with Crippen LogP contribution in [-0.2, 0) is 16.1 Å². The Morgan fingerprint density at radius 1 is 1.50 bits per heavy atom. The molecule has 0 bridgehead atoms. The summed E-state index contributed by atoms with van der Waals surface area (Å²) in [6, 6.07) is 7.61. The number of aryl methyl sites for hydroxylation is 1. The summed E-state index contributed by atoms with van der Waals surface area (Å²) >= 11 is 4.92. The van der Waals surface area contributed by atoms with Gasteiger partial charge in [0.25, 0.3) is 0 Å². The number of ether oxygens (including phenoxy) is 1. The van der Waals surface area contributed by atoms with E-state index in [1.54, 1.807) is 0 Å². The lowest BCUT2D eigenvalue weighted by atomic mass is 10.2. The first-order valence-electron chi connectivity index (χ1n) is 8.82. The number of benzene rings is 1. The zero-order valence-corrected chi connectivity index (χ0v) is 17.7. The molecule has 2 heterocycles. The second-order valence-electron chi connectivity index (χ2n) is 6.57. The molecule has 2 atom stereocenters. The van der Waals surface area contributed by atoms with E-state index >= 15 is 0 Å². The number of carbonyl (C=O) groups is 1. The molecule has 1 fully saturated rings. The van der Waals surface area contributed by atoms with E-state index in [9.17, 15) is 4.79 Å². The summed E-state index contributed by atoms with van der Waals surface area (Å²) in [4.78, 5) is 17.2. The molecule has 1 amide bonds. The maximum atomic E-state index is 12.6. The van der Waals surface area contributed by atoms with Gasteiger partial charge in [-0.2, -0.15) is 0 Å².